The smallest absolute Gasteiger partial charge is 0.260 e. The molecule has 1 aromatic rings. The van der Waals surface area contributed by atoms with Crippen molar-refractivity contribution in [2.24, 2.45) is 5.73 Å². The van der Waals surface area contributed by atoms with Gasteiger partial charge in [-0.2, -0.15) is 0 Å². The third-order valence-corrected chi connectivity index (χ3v) is 3.49. The zero-order valence-electron chi connectivity index (χ0n) is 12.8. The van der Waals surface area contributed by atoms with E-state index in [9.17, 15) is 9.59 Å². The molecule has 0 fully saturated rings. The zero-order chi connectivity index (χ0) is 16.2. The maximum absolute atomic E-state index is 11.9. The summed E-state index contributed by atoms with van der Waals surface area (Å²) >= 11 is 6.12. The molecule has 21 heavy (non-hydrogen) atoms. The molecule has 0 spiro atoms. The number of halogens is 1. The highest BCUT2D eigenvalue weighted by atomic mass is 35.5. The molecule has 0 unspecified atom stereocenters. The highest BCUT2D eigenvalue weighted by Crippen LogP contribution is 2.31. The Balaban J connectivity index is 2.81. The van der Waals surface area contributed by atoms with Crippen LogP contribution in [0.5, 0.6) is 5.75 Å². The van der Waals surface area contributed by atoms with Crippen LogP contribution in [-0.4, -0.2) is 36.9 Å². The molecule has 0 aromatic heterocycles. The Bertz CT molecular complexity index is 544. The number of primary amides is 1. The Labute approximate surface area is 130 Å². The number of amides is 2. The second-order valence-electron chi connectivity index (χ2n) is 5.30. The number of aryl methyl sites for hydroxylation is 1. The van der Waals surface area contributed by atoms with Crippen LogP contribution in [0.2, 0.25) is 5.02 Å². The normalized spacial score (nSPS) is 10.6. The van der Waals surface area contributed by atoms with Gasteiger partial charge in [0, 0.05) is 12.1 Å². The van der Waals surface area contributed by atoms with Crippen molar-refractivity contribution in [2.75, 3.05) is 20.2 Å². The molecule has 0 saturated heterocycles. The van der Waals surface area contributed by atoms with Crippen LogP contribution in [0.3, 0.4) is 0 Å². The van der Waals surface area contributed by atoms with Crippen LogP contribution < -0.4 is 10.5 Å². The first-order valence-electron chi connectivity index (χ1n) is 6.67. The summed E-state index contributed by atoms with van der Waals surface area (Å²) in [5, 5.41) is 0.670. The van der Waals surface area contributed by atoms with Gasteiger partial charge >= 0.3 is 0 Å². The molecule has 0 aliphatic carbocycles. The second kappa shape index (κ2) is 7.31. The van der Waals surface area contributed by atoms with Crippen LogP contribution in [0.15, 0.2) is 12.1 Å². The van der Waals surface area contributed by atoms with Gasteiger partial charge in [-0.1, -0.05) is 25.4 Å². The maximum atomic E-state index is 11.9. The van der Waals surface area contributed by atoms with Crippen molar-refractivity contribution in [2.45, 2.75) is 26.7 Å². The van der Waals surface area contributed by atoms with Gasteiger partial charge in [0.05, 0.1) is 6.54 Å². The van der Waals surface area contributed by atoms with Crippen LogP contribution in [0.1, 0.15) is 30.9 Å². The topological polar surface area (TPSA) is 72.6 Å². The van der Waals surface area contributed by atoms with Gasteiger partial charge in [0.1, 0.15) is 5.75 Å². The quantitative estimate of drug-likeness (QED) is 0.874. The van der Waals surface area contributed by atoms with E-state index < -0.39 is 5.91 Å². The molecule has 1 aromatic carbocycles. The first-order chi connectivity index (χ1) is 9.72. The summed E-state index contributed by atoms with van der Waals surface area (Å²) in [6.45, 7) is 5.65. The molecule has 6 heteroatoms. The molecule has 0 aliphatic heterocycles. The molecule has 0 saturated carbocycles. The molecule has 0 heterocycles. The number of nitrogens with two attached hydrogens (primary N) is 1. The van der Waals surface area contributed by atoms with E-state index in [1.54, 1.807) is 0 Å². The average Bonchev–Trinajstić information content (AvgIpc) is 2.38. The van der Waals surface area contributed by atoms with Crippen molar-refractivity contribution in [3.63, 3.8) is 0 Å². The summed E-state index contributed by atoms with van der Waals surface area (Å²) in [7, 11) is 1.51. The number of hydrogen-bond donors (Lipinski definition) is 1. The lowest BCUT2D eigenvalue weighted by Gasteiger charge is -2.18. The third kappa shape index (κ3) is 4.93. The van der Waals surface area contributed by atoms with Crippen LogP contribution in [0, 0.1) is 6.92 Å². The van der Waals surface area contributed by atoms with Crippen molar-refractivity contribution in [3.05, 3.63) is 28.3 Å². The molecule has 0 aliphatic rings. The van der Waals surface area contributed by atoms with Crippen molar-refractivity contribution in [3.8, 4) is 5.75 Å². The summed E-state index contributed by atoms with van der Waals surface area (Å²) in [5.41, 5.74) is 6.87. The fourth-order valence-electron chi connectivity index (χ4n) is 1.82. The molecule has 0 radical (unpaired) electrons. The molecule has 2 amide bonds. The number of likely N-dealkylation sites (N-methyl/N-ethyl adjacent to an activating group) is 1. The van der Waals surface area contributed by atoms with Crippen molar-refractivity contribution < 1.29 is 14.3 Å². The third-order valence-electron chi connectivity index (χ3n) is 3.08. The zero-order valence-corrected chi connectivity index (χ0v) is 13.5. The first kappa shape index (κ1) is 17.3. The van der Waals surface area contributed by atoms with Crippen LogP contribution >= 0.6 is 11.6 Å². The lowest BCUT2D eigenvalue weighted by Crippen LogP contribution is -2.38. The molecule has 0 atom stereocenters. The highest BCUT2D eigenvalue weighted by Gasteiger charge is 2.15. The number of nitrogens with zero attached hydrogens (tertiary/aromatic N) is 1. The van der Waals surface area contributed by atoms with Crippen LogP contribution in [0.25, 0.3) is 0 Å². The van der Waals surface area contributed by atoms with E-state index in [0.717, 1.165) is 11.1 Å². The Morgan fingerprint density at radius 3 is 2.52 bits per heavy atom. The number of benzene rings is 1. The van der Waals surface area contributed by atoms with Crippen molar-refractivity contribution in [1.29, 1.82) is 0 Å². The highest BCUT2D eigenvalue weighted by molar-refractivity contribution is 6.31. The Morgan fingerprint density at radius 2 is 2.00 bits per heavy atom. The van der Waals surface area contributed by atoms with E-state index in [1.165, 1.54) is 11.9 Å². The molecular formula is C15H21ClN2O3. The molecule has 2 N–H and O–H groups in total. The SMILES string of the molecule is Cc1cc(OCC(=O)N(C)CC(N)=O)c(C(C)C)cc1Cl. The number of rotatable bonds is 6. The minimum atomic E-state index is -0.559. The predicted octanol–water partition coefficient (Wildman–Crippen LogP) is 2.09. The molecule has 0 bridgehead atoms. The first-order valence-corrected chi connectivity index (χ1v) is 7.05. The van der Waals surface area contributed by atoms with Gasteiger partial charge in [-0.25, -0.2) is 0 Å². The van der Waals surface area contributed by atoms with Crippen molar-refractivity contribution in [1.82, 2.24) is 4.90 Å². The largest absolute Gasteiger partial charge is 0.483 e. The van der Waals surface area contributed by atoms with Gasteiger partial charge in [0.2, 0.25) is 5.91 Å². The van der Waals surface area contributed by atoms with E-state index in [2.05, 4.69) is 0 Å². The second-order valence-corrected chi connectivity index (χ2v) is 5.71. The monoisotopic (exact) mass is 312 g/mol. The van der Waals surface area contributed by atoms with Crippen molar-refractivity contribution >= 4 is 23.4 Å². The summed E-state index contributed by atoms with van der Waals surface area (Å²) in [5.74, 6) is -0.0172. The van der Waals surface area contributed by atoms with Gasteiger partial charge in [0.25, 0.3) is 5.91 Å². The van der Waals surface area contributed by atoms with Gasteiger partial charge in [-0.3, -0.25) is 9.59 Å². The van der Waals surface area contributed by atoms with Gasteiger partial charge in [0.15, 0.2) is 6.61 Å². The number of ether oxygens (including phenoxy) is 1. The molecule has 116 valence electrons. The number of carbonyl (C=O) groups is 2. The van der Waals surface area contributed by atoms with Gasteiger partial charge in [-0.05, 0) is 36.1 Å². The van der Waals surface area contributed by atoms with E-state index in [-0.39, 0.29) is 25.0 Å². The average molecular weight is 313 g/mol. The predicted molar refractivity (Wildman–Crippen MR) is 82.6 cm³/mol. The number of carbonyl (C=O) groups excluding carboxylic acids is 2. The van der Waals surface area contributed by atoms with Crippen LogP contribution in [0.4, 0.5) is 0 Å². The fourth-order valence-corrected chi connectivity index (χ4v) is 1.99. The molecular weight excluding hydrogens is 292 g/mol. The van der Waals surface area contributed by atoms with Gasteiger partial charge < -0.3 is 15.4 Å². The Morgan fingerprint density at radius 1 is 1.38 bits per heavy atom. The van der Waals surface area contributed by atoms with Gasteiger partial charge in [-0.15, -0.1) is 0 Å². The maximum Gasteiger partial charge on any atom is 0.260 e. The minimum absolute atomic E-state index is 0.126. The minimum Gasteiger partial charge on any atom is -0.483 e. The number of hydrogen-bond acceptors (Lipinski definition) is 3. The van der Waals surface area contributed by atoms with Crippen LogP contribution in [-0.2, 0) is 9.59 Å². The van der Waals surface area contributed by atoms with E-state index in [0.29, 0.717) is 10.8 Å². The molecule has 1 rings (SSSR count). The lowest BCUT2D eigenvalue weighted by atomic mass is 10.0. The van der Waals surface area contributed by atoms with E-state index in [1.807, 2.05) is 32.9 Å². The van der Waals surface area contributed by atoms with E-state index in [4.69, 9.17) is 22.1 Å². The summed E-state index contributed by atoms with van der Waals surface area (Å²) in [6.07, 6.45) is 0. The molecule has 5 nitrogen and oxygen atoms in total. The summed E-state index contributed by atoms with van der Waals surface area (Å²) in [4.78, 5) is 23.9. The Hall–Kier alpha value is -1.75. The van der Waals surface area contributed by atoms with E-state index >= 15 is 0 Å². The summed E-state index contributed by atoms with van der Waals surface area (Å²) in [6, 6.07) is 3.67. The standard InChI is InChI=1S/C15H21ClN2O3/c1-9(2)11-6-12(16)10(3)5-13(11)21-8-15(20)18(4)7-14(17)19/h5-6,9H,7-8H2,1-4H3,(H2,17,19). The fraction of sp³-hybridized carbons (Fsp3) is 0.467. The summed E-state index contributed by atoms with van der Waals surface area (Å²) < 4.78 is 5.60. The Kier molecular flexibility index (Phi) is 6.03. The lowest BCUT2D eigenvalue weighted by molar-refractivity contribution is -0.135.